The molecule has 0 fully saturated rings. The topological polar surface area (TPSA) is 47.9 Å². The lowest BCUT2D eigenvalue weighted by molar-refractivity contribution is 0.327. The first kappa shape index (κ1) is 15.7. The Kier molecular flexibility index (Phi) is 4.15. The number of hydrogen-bond acceptors (Lipinski definition) is 5. The van der Waals surface area contributed by atoms with Gasteiger partial charge in [0.2, 0.25) is 5.88 Å². The highest BCUT2D eigenvalue weighted by atomic mass is 32.1. The molecule has 0 N–H and O–H groups in total. The van der Waals surface area contributed by atoms with Crippen molar-refractivity contribution in [2.75, 3.05) is 6.61 Å². The third kappa shape index (κ3) is 2.98. The molecule has 4 rings (SSSR count). The Hall–Kier alpha value is -2.79. The van der Waals surface area contributed by atoms with Crippen molar-refractivity contribution >= 4 is 22.1 Å². The maximum absolute atomic E-state index is 5.62. The van der Waals surface area contributed by atoms with Crippen LogP contribution in [0.25, 0.3) is 31.9 Å². The van der Waals surface area contributed by atoms with Crippen molar-refractivity contribution in [1.29, 1.82) is 0 Å². The molecule has 0 amide bonds. The van der Waals surface area contributed by atoms with E-state index in [-0.39, 0.29) is 0 Å². The van der Waals surface area contributed by atoms with Gasteiger partial charge in [-0.25, -0.2) is 0 Å². The second-order valence-electron chi connectivity index (χ2n) is 5.66. The van der Waals surface area contributed by atoms with Gasteiger partial charge in [-0.15, -0.1) is 21.5 Å². The summed E-state index contributed by atoms with van der Waals surface area (Å²) in [6, 6.07) is 18.3. The van der Waals surface area contributed by atoms with Gasteiger partial charge in [0.25, 0.3) is 0 Å². The van der Waals surface area contributed by atoms with E-state index in [1.54, 1.807) is 11.3 Å². The molecular weight excluding hydrogens is 330 g/mol. The van der Waals surface area contributed by atoms with Crippen LogP contribution in [0.1, 0.15) is 12.6 Å². The minimum atomic E-state index is 0.570. The first-order valence-corrected chi connectivity index (χ1v) is 9.00. The molecule has 3 aromatic heterocycles. The van der Waals surface area contributed by atoms with E-state index in [1.807, 2.05) is 50.2 Å². The fourth-order valence-electron chi connectivity index (χ4n) is 2.79. The van der Waals surface area contributed by atoms with E-state index >= 15 is 0 Å². The molecule has 0 radical (unpaired) electrons. The molecule has 25 heavy (non-hydrogen) atoms. The molecule has 0 aliphatic rings. The zero-order valence-electron chi connectivity index (χ0n) is 14.1. The van der Waals surface area contributed by atoms with Crippen molar-refractivity contribution in [3.8, 4) is 27.0 Å². The number of aryl methyl sites for hydroxylation is 1. The lowest BCUT2D eigenvalue weighted by Gasteiger charge is -2.08. The van der Waals surface area contributed by atoms with Crippen LogP contribution in [0.3, 0.4) is 0 Å². The first-order valence-electron chi connectivity index (χ1n) is 8.18. The average Bonchev–Trinajstić information content (AvgIpc) is 3.12. The molecule has 0 bridgehead atoms. The molecule has 3 heterocycles. The summed E-state index contributed by atoms with van der Waals surface area (Å²) in [4.78, 5) is 6.80. The number of aromatic nitrogens is 3. The molecule has 1 aromatic carbocycles. The van der Waals surface area contributed by atoms with Crippen LogP contribution in [0.4, 0.5) is 0 Å². The molecule has 0 saturated carbocycles. The Morgan fingerprint density at radius 3 is 2.48 bits per heavy atom. The Morgan fingerprint density at radius 2 is 1.68 bits per heavy atom. The van der Waals surface area contributed by atoms with E-state index in [4.69, 9.17) is 4.74 Å². The van der Waals surface area contributed by atoms with Gasteiger partial charge in [-0.2, -0.15) is 0 Å². The van der Waals surface area contributed by atoms with E-state index < -0.39 is 0 Å². The Morgan fingerprint density at radius 1 is 0.880 bits per heavy atom. The summed E-state index contributed by atoms with van der Waals surface area (Å²) >= 11 is 1.68. The van der Waals surface area contributed by atoms with E-state index in [0.29, 0.717) is 12.5 Å². The Bertz CT molecular complexity index is 1040. The van der Waals surface area contributed by atoms with E-state index in [2.05, 4.69) is 33.4 Å². The first-order chi connectivity index (χ1) is 12.3. The van der Waals surface area contributed by atoms with Gasteiger partial charge in [-0.05, 0) is 44.2 Å². The number of rotatable bonds is 4. The normalized spacial score (nSPS) is 11.0. The van der Waals surface area contributed by atoms with Crippen LogP contribution in [0.15, 0.2) is 54.6 Å². The number of pyridine rings is 1. The zero-order chi connectivity index (χ0) is 17.2. The molecule has 0 atom stereocenters. The van der Waals surface area contributed by atoms with Crippen molar-refractivity contribution < 1.29 is 4.74 Å². The second kappa shape index (κ2) is 6.61. The predicted octanol–water partition coefficient (Wildman–Crippen LogP) is 5.13. The highest BCUT2D eigenvalue weighted by molar-refractivity contribution is 7.18. The Labute approximate surface area is 150 Å². The lowest BCUT2D eigenvalue weighted by atomic mass is 10.1. The van der Waals surface area contributed by atoms with Crippen LogP contribution >= 0.6 is 11.3 Å². The molecule has 0 aliphatic heterocycles. The third-order valence-corrected chi connectivity index (χ3v) is 5.03. The molecule has 4 nitrogen and oxygen atoms in total. The SMILES string of the molecule is CCOc1nnc(-c2ccc(-c3cccc(C)n3)s2)c2ccccc12. The van der Waals surface area contributed by atoms with Crippen LogP contribution in [0, 0.1) is 6.92 Å². The molecule has 0 unspecified atom stereocenters. The largest absolute Gasteiger partial charge is 0.476 e. The summed E-state index contributed by atoms with van der Waals surface area (Å²) in [6.45, 7) is 4.52. The van der Waals surface area contributed by atoms with E-state index in [9.17, 15) is 0 Å². The average molecular weight is 347 g/mol. The summed E-state index contributed by atoms with van der Waals surface area (Å²) < 4.78 is 5.62. The van der Waals surface area contributed by atoms with E-state index in [1.165, 1.54) is 0 Å². The van der Waals surface area contributed by atoms with Crippen molar-refractivity contribution in [2.45, 2.75) is 13.8 Å². The van der Waals surface area contributed by atoms with Gasteiger partial charge >= 0.3 is 0 Å². The molecular formula is C20H17N3OS. The predicted molar refractivity (Wildman–Crippen MR) is 102 cm³/mol. The maximum Gasteiger partial charge on any atom is 0.241 e. The van der Waals surface area contributed by atoms with Gasteiger partial charge in [0.1, 0.15) is 5.69 Å². The van der Waals surface area contributed by atoms with Gasteiger partial charge in [0, 0.05) is 16.5 Å². The highest BCUT2D eigenvalue weighted by Crippen LogP contribution is 2.37. The fourth-order valence-corrected chi connectivity index (χ4v) is 3.76. The third-order valence-electron chi connectivity index (χ3n) is 3.91. The van der Waals surface area contributed by atoms with Crippen LogP contribution in [-0.4, -0.2) is 21.8 Å². The van der Waals surface area contributed by atoms with Crippen molar-refractivity contribution in [3.63, 3.8) is 0 Å². The standard InChI is InChI=1S/C20H17N3OS/c1-3-24-20-15-9-5-4-8-14(15)19(22-23-20)18-12-11-17(25-18)16-10-6-7-13(2)21-16/h4-12H,3H2,1-2H3. The Balaban J connectivity index is 1.82. The number of thiophene rings is 1. The van der Waals surface area contributed by atoms with E-state index in [0.717, 1.165) is 37.6 Å². The second-order valence-corrected chi connectivity index (χ2v) is 6.74. The fraction of sp³-hybridized carbons (Fsp3) is 0.150. The summed E-state index contributed by atoms with van der Waals surface area (Å²) in [5.74, 6) is 0.582. The molecule has 0 saturated heterocycles. The summed E-state index contributed by atoms with van der Waals surface area (Å²) in [5, 5.41) is 10.8. The minimum absolute atomic E-state index is 0.570. The van der Waals surface area contributed by atoms with Gasteiger partial charge in [0.05, 0.1) is 22.1 Å². The highest BCUT2D eigenvalue weighted by Gasteiger charge is 2.14. The van der Waals surface area contributed by atoms with Crippen LogP contribution < -0.4 is 4.74 Å². The number of hydrogen-bond donors (Lipinski definition) is 0. The number of ether oxygens (including phenoxy) is 1. The minimum Gasteiger partial charge on any atom is -0.476 e. The molecule has 5 heteroatoms. The summed E-state index contributed by atoms with van der Waals surface area (Å²) in [6.07, 6.45) is 0. The van der Waals surface area contributed by atoms with Crippen molar-refractivity contribution in [3.05, 3.63) is 60.3 Å². The van der Waals surface area contributed by atoms with Crippen LogP contribution in [0.5, 0.6) is 5.88 Å². The smallest absolute Gasteiger partial charge is 0.241 e. The lowest BCUT2D eigenvalue weighted by Crippen LogP contribution is -1.98. The molecule has 124 valence electrons. The van der Waals surface area contributed by atoms with Crippen molar-refractivity contribution in [1.82, 2.24) is 15.2 Å². The quantitative estimate of drug-likeness (QED) is 0.513. The van der Waals surface area contributed by atoms with Crippen LogP contribution in [0.2, 0.25) is 0 Å². The number of benzene rings is 1. The summed E-state index contributed by atoms with van der Waals surface area (Å²) in [5.41, 5.74) is 2.88. The van der Waals surface area contributed by atoms with Gasteiger partial charge < -0.3 is 4.74 Å². The van der Waals surface area contributed by atoms with Gasteiger partial charge in [-0.3, -0.25) is 4.98 Å². The van der Waals surface area contributed by atoms with Crippen LogP contribution in [-0.2, 0) is 0 Å². The zero-order valence-corrected chi connectivity index (χ0v) is 14.9. The van der Waals surface area contributed by atoms with Gasteiger partial charge in [-0.1, -0.05) is 24.3 Å². The maximum atomic E-state index is 5.62. The monoisotopic (exact) mass is 347 g/mol. The molecule has 4 aromatic rings. The molecule has 0 spiro atoms. The molecule has 0 aliphatic carbocycles. The number of nitrogens with zero attached hydrogens (tertiary/aromatic N) is 3. The summed E-state index contributed by atoms with van der Waals surface area (Å²) in [7, 11) is 0. The van der Waals surface area contributed by atoms with Crippen molar-refractivity contribution in [2.24, 2.45) is 0 Å². The number of fused-ring (bicyclic) bond motifs is 1. The van der Waals surface area contributed by atoms with Gasteiger partial charge in [0.15, 0.2) is 0 Å².